The average molecular weight is 337 g/mol. The summed E-state index contributed by atoms with van der Waals surface area (Å²) in [6, 6.07) is 11.3. The number of carbonyl (C=O) groups is 1. The summed E-state index contributed by atoms with van der Waals surface area (Å²) in [5.74, 6) is 1.73. The van der Waals surface area contributed by atoms with Crippen LogP contribution >= 0.6 is 0 Å². The first-order valence-electron chi connectivity index (χ1n) is 8.29. The number of H-pyrrole nitrogens is 1. The number of hydrogen-bond donors (Lipinski definition) is 1. The zero-order valence-electron chi connectivity index (χ0n) is 13.8. The van der Waals surface area contributed by atoms with Gasteiger partial charge in [-0.25, -0.2) is 4.98 Å². The van der Waals surface area contributed by atoms with Gasteiger partial charge in [0.1, 0.15) is 17.9 Å². The second kappa shape index (κ2) is 6.90. The largest absolute Gasteiger partial charge is 0.464 e. The number of aromatic amines is 1. The molecule has 0 spiro atoms. The lowest BCUT2D eigenvalue weighted by atomic mass is 10.1. The quantitative estimate of drug-likeness (QED) is 0.788. The zero-order chi connectivity index (χ0) is 17.1. The van der Waals surface area contributed by atoms with E-state index in [0.29, 0.717) is 18.7 Å². The van der Waals surface area contributed by atoms with Crippen molar-refractivity contribution in [2.45, 2.75) is 6.54 Å². The summed E-state index contributed by atoms with van der Waals surface area (Å²) in [4.78, 5) is 21.0. The van der Waals surface area contributed by atoms with Crippen molar-refractivity contribution in [2.75, 3.05) is 26.2 Å². The number of rotatable bonds is 4. The molecule has 128 valence electrons. The molecule has 0 atom stereocenters. The van der Waals surface area contributed by atoms with Crippen LogP contribution in [-0.4, -0.2) is 57.1 Å². The lowest BCUT2D eigenvalue weighted by molar-refractivity contribution is 0.0625. The molecule has 1 aromatic carbocycles. The van der Waals surface area contributed by atoms with Crippen LogP contribution < -0.4 is 0 Å². The third-order valence-corrected chi connectivity index (χ3v) is 4.44. The van der Waals surface area contributed by atoms with Gasteiger partial charge >= 0.3 is 0 Å². The number of amides is 1. The molecule has 0 saturated carbocycles. The van der Waals surface area contributed by atoms with Gasteiger partial charge in [-0.3, -0.25) is 14.8 Å². The SMILES string of the molecule is O=C(c1ccc(-c2ccco2)cc1)N1CCN(Cc2ncn[nH]2)CC1. The monoisotopic (exact) mass is 337 g/mol. The fourth-order valence-corrected chi connectivity index (χ4v) is 3.03. The molecule has 25 heavy (non-hydrogen) atoms. The summed E-state index contributed by atoms with van der Waals surface area (Å²) in [7, 11) is 0. The molecule has 1 aliphatic rings. The number of benzene rings is 1. The van der Waals surface area contributed by atoms with Crippen LogP contribution in [0.2, 0.25) is 0 Å². The summed E-state index contributed by atoms with van der Waals surface area (Å²) in [5, 5.41) is 6.73. The van der Waals surface area contributed by atoms with E-state index in [9.17, 15) is 4.79 Å². The molecule has 3 heterocycles. The van der Waals surface area contributed by atoms with E-state index in [2.05, 4.69) is 20.1 Å². The summed E-state index contributed by atoms with van der Waals surface area (Å²) >= 11 is 0. The first-order chi connectivity index (χ1) is 12.3. The Labute approximate surface area is 145 Å². The fourth-order valence-electron chi connectivity index (χ4n) is 3.03. The van der Waals surface area contributed by atoms with Crippen LogP contribution in [0.15, 0.2) is 53.4 Å². The van der Waals surface area contributed by atoms with Crippen LogP contribution in [-0.2, 0) is 6.54 Å². The number of nitrogens with zero attached hydrogens (tertiary/aromatic N) is 4. The minimum absolute atomic E-state index is 0.0744. The van der Waals surface area contributed by atoms with Crippen molar-refractivity contribution in [3.05, 3.63) is 60.4 Å². The van der Waals surface area contributed by atoms with Crippen molar-refractivity contribution in [2.24, 2.45) is 0 Å². The first kappa shape index (κ1) is 15.6. The summed E-state index contributed by atoms with van der Waals surface area (Å²) in [5.41, 5.74) is 1.68. The van der Waals surface area contributed by atoms with Crippen LogP contribution in [0.1, 0.15) is 16.2 Å². The number of nitrogens with one attached hydrogen (secondary N) is 1. The number of aromatic nitrogens is 3. The Balaban J connectivity index is 1.35. The van der Waals surface area contributed by atoms with Gasteiger partial charge in [0, 0.05) is 37.3 Å². The lowest BCUT2D eigenvalue weighted by Crippen LogP contribution is -2.48. The van der Waals surface area contributed by atoms with Crippen LogP contribution in [0, 0.1) is 0 Å². The number of carbonyl (C=O) groups excluding carboxylic acids is 1. The van der Waals surface area contributed by atoms with Crippen molar-refractivity contribution in [1.82, 2.24) is 25.0 Å². The van der Waals surface area contributed by atoms with Crippen molar-refractivity contribution in [3.8, 4) is 11.3 Å². The predicted molar refractivity (Wildman–Crippen MR) is 91.7 cm³/mol. The molecule has 0 bridgehead atoms. The van der Waals surface area contributed by atoms with Crippen LogP contribution in [0.5, 0.6) is 0 Å². The smallest absolute Gasteiger partial charge is 0.253 e. The molecule has 1 fully saturated rings. The minimum atomic E-state index is 0.0744. The minimum Gasteiger partial charge on any atom is -0.464 e. The van der Waals surface area contributed by atoms with Gasteiger partial charge in [0.2, 0.25) is 0 Å². The Morgan fingerprint density at radius 3 is 2.56 bits per heavy atom. The molecular formula is C18H19N5O2. The molecule has 1 saturated heterocycles. The third-order valence-electron chi connectivity index (χ3n) is 4.44. The van der Waals surface area contributed by atoms with Crippen LogP contribution in [0.4, 0.5) is 0 Å². The molecule has 3 aromatic rings. The van der Waals surface area contributed by atoms with E-state index in [4.69, 9.17) is 4.42 Å². The zero-order valence-corrected chi connectivity index (χ0v) is 13.8. The van der Waals surface area contributed by atoms with E-state index in [1.165, 1.54) is 6.33 Å². The topological polar surface area (TPSA) is 78.3 Å². The molecule has 2 aromatic heterocycles. The van der Waals surface area contributed by atoms with Gasteiger partial charge in [-0.2, -0.15) is 5.10 Å². The first-order valence-corrected chi connectivity index (χ1v) is 8.29. The van der Waals surface area contributed by atoms with Gasteiger partial charge in [-0.15, -0.1) is 0 Å². The van der Waals surface area contributed by atoms with Gasteiger partial charge in [0.25, 0.3) is 5.91 Å². The Bertz CT molecular complexity index is 804. The Morgan fingerprint density at radius 1 is 1.12 bits per heavy atom. The molecule has 1 aliphatic heterocycles. The highest BCUT2D eigenvalue weighted by molar-refractivity contribution is 5.94. The summed E-state index contributed by atoms with van der Waals surface area (Å²) in [6.07, 6.45) is 3.16. The van der Waals surface area contributed by atoms with Crippen molar-refractivity contribution < 1.29 is 9.21 Å². The van der Waals surface area contributed by atoms with E-state index >= 15 is 0 Å². The average Bonchev–Trinajstić information content (AvgIpc) is 3.36. The van der Waals surface area contributed by atoms with Crippen molar-refractivity contribution >= 4 is 5.91 Å². The highest BCUT2D eigenvalue weighted by Crippen LogP contribution is 2.20. The van der Waals surface area contributed by atoms with E-state index in [1.807, 2.05) is 41.3 Å². The van der Waals surface area contributed by atoms with E-state index < -0.39 is 0 Å². The number of hydrogen-bond acceptors (Lipinski definition) is 5. The molecule has 7 nitrogen and oxygen atoms in total. The molecule has 0 radical (unpaired) electrons. The molecule has 1 N–H and O–H groups in total. The highest BCUT2D eigenvalue weighted by atomic mass is 16.3. The molecule has 0 aliphatic carbocycles. The standard InChI is InChI=1S/C18H19N5O2/c24-18(15-5-3-14(4-6-15)16-2-1-11-25-16)23-9-7-22(8-10-23)12-17-19-13-20-21-17/h1-6,11,13H,7-10,12H2,(H,19,20,21). The number of furan rings is 1. The van der Waals surface area contributed by atoms with Crippen LogP contribution in [0.25, 0.3) is 11.3 Å². The highest BCUT2D eigenvalue weighted by Gasteiger charge is 2.22. The Hall–Kier alpha value is -2.93. The maximum atomic E-state index is 12.7. The molecular weight excluding hydrogens is 318 g/mol. The Morgan fingerprint density at radius 2 is 1.92 bits per heavy atom. The predicted octanol–water partition coefficient (Wildman–Crippen LogP) is 2.02. The van der Waals surface area contributed by atoms with Gasteiger partial charge in [-0.1, -0.05) is 12.1 Å². The Kier molecular flexibility index (Phi) is 4.30. The fraction of sp³-hybridized carbons (Fsp3) is 0.278. The summed E-state index contributed by atoms with van der Waals surface area (Å²) in [6.45, 7) is 3.83. The normalized spacial score (nSPS) is 15.4. The van der Waals surface area contributed by atoms with Gasteiger partial charge < -0.3 is 9.32 Å². The van der Waals surface area contributed by atoms with Gasteiger partial charge in [-0.05, 0) is 24.3 Å². The summed E-state index contributed by atoms with van der Waals surface area (Å²) < 4.78 is 5.38. The van der Waals surface area contributed by atoms with Crippen LogP contribution in [0.3, 0.4) is 0 Å². The van der Waals surface area contributed by atoms with Gasteiger partial charge in [0.05, 0.1) is 12.8 Å². The molecule has 1 amide bonds. The molecule has 4 rings (SSSR count). The third kappa shape index (κ3) is 3.46. The number of piperazine rings is 1. The van der Waals surface area contributed by atoms with Crippen molar-refractivity contribution in [1.29, 1.82) is 0 Å². The maximum absolute atomic E-state index is 12.7. The van der Waals surface area contributed by atoms with Gasteiger partial charge in [0.15, 0.2) is 0 Å². The maximum Gasteiger partial charge on any atom is 0.253 e. The second-order valence-corrected chi connectivity index (χ2v) is 6.06. The van der Waals surface area contributed by atoms with E-state index in [-0.39, 0.29) is 5.91 Å². The second-order valence-electron chi connectivity index (χ2n) is 6.06. The molecule has 7 heteroatoms. The lowest BCUT2D eigenvalue weighted by Gasteiger charge is -2.34. The van der Waals surface area contributed by atoms with Crippen molar-refractivity contribution in [3.63, 3.8) is 0 Å². The van der Waals surface area contributed by atoms with E-state index in [1.54, 1.807) is 6.26 Å². The molecule has 0 unspecified atom stereocenters. The van der Waals surface area contributed by atoms with E-state index in [0.717, 1.165) is 36.8 Å².